The minimum atomic E-state index is -0.161. The fourth-order valence-corrected chi connectivity index (χ4v) is 5.37. The third kappa shape index (κ3) is 6.20. The van der Waals surface area contributed by atoms with E-state index >= 15 is 0 Å². The van der Waals surface area contributed by atoms with Gasteiger partial charge >= 0.3 is 0 Å². The number of amides is 1. The minimum Gasteiger partial charge on any atom is -0.335 e. The Morgan fingerprint density at radius 3 is 2.76 bits per heavy atom. The van der Waals surface area contributed by atoms with Crippen LogP contribution < -0.4 is 15.8 Å². The average Bonchev–Trinajstić information content (AvgIpc) is 2.83. The summed E-state index contributed by atoms with van der Waals surface area (Å²) in [6.45, 7) is 8.30. The summed E-state index contributed by atoms with van der Waals surface area (Å²) >= 11 is 7.47. The molecule has 1 aliphatic rings. The number of nitrogens with one attached hydrogen (secondary N) is 2. The number of piperidine rings is 1. The van der Waals surface area contributed by atoms with Gasteiger partial charge < -0.3 is 10.2 Å². The Morgan fingerprint density at radius 1 is 1.24 bits per heavy atom. The highest BCUT2D eigenvalue weighted by molar-refractivity contribution is 7.99. The van der Waals surface area contributed by atoms with Gasteiger partial charge in [0.05, 0.1) is 36.3 Å². The largest absolute Gasteiger partial charge is 0.335 e. The summed E-state index contributed by atoms with van der Waals surface area (Å²) in [5.74, 6) is 0.817. The van der Waals surface area contributed by atoms with E-state index in [0.717, 1.165) is 24.4 Å². The molecule has 8 heteroatoms. The van der Waals surface area contributed by atoms with Crippen molar-refractivity contribution in [3.05, 3.63) is 63.4 Å². The van der Waals surface area contributed by atoms with Gasteiger partial charge in [-0.2, -0.15) is 0 Å². The number of benzene rings is 2. The molecular formula is C26H32ClN4O2S+. The molecule has 0 saturated carbocycles. The quantitative estimate of drug-likeness (QED) is 0.365. The van der Waals surface area contributed by atoms with Gasteiger partial charge in [-0.05, 0) is 55.5 Å². The Hall–Kier alpha value is -2.35. The van der Waals surface area contributed by atoms with E-state index < -0.39 is 0 Å². The van der Waals surface area contributed by atoms with Crippen LogP contribution in [0.5, 0.6) is 0 Å². The van der Waals surface area contributed by atoms with Crippen molar-refractivity contribution >= 4 is 45.9 Å². The van der Waals surface area contributed by atoms with Crippen LogP contribution in [0.15, 0.2) is 52.4 Å². The van der Waals surface area contributed by atoms with E-state index in [4.69, 9.17) is 16.6 Å². The molecule has 2 N–H and O–H groups in total. The van der Waals surface area contributed by atoms with E-state index in [1.807, 2.05) is 43.3 Å². The molecule has 0 unspecified atom stereocenters. The molecule has 1 saturated heterocycles. The molecule has 2 aromatic carbocycles. The first-order valence-electron chi connectivity index (χ1n) is 11.9. The van der Waals surface area contributed by atoms with Crippen LogP contribution in [0.2, 0.25) is 5.02 Å². The second-order valence-electron chi connectivity index (χ2n) is 9.21. The number of thioether (sulfide) groups is 1. The van der Waals surface area contributed by atoms with Crippen LogP contribution in [0.1, 0.15) is 31.7 Å². The van der Waals surface area contributed by atoms with E-state index in [-0.39, 0.29) is 17.2 Å². The number of nitrogens with zero attached hydrogens (tertiary/aromatic N) is 2. The molecule has 3 aromatic rings. The van der Waals surface area contributed by atoms with E-state index in [1.54, 1.807) is 15.5 Å². The Kier molecular flexibility index (Phi) is 8.29. The maximum atomic E-state index is 13.3. The molecule has 180 valence electrons. The number of carbonyl (C=O) groups excluding carboxylic acids is 1. The van der Waals surface area contributed by atoms with Gasteiger partial charge in [0, 0.05) is 23.7 Å². The molecular weight excluding hydrogens is 468 g/mol. The number of halogens is 1. The van der Waals surface area contributed by atoms with Crippen LogP contribution in [-0.2, 0) is 11.3 Å². The molecule has 0 spiro atoms. The molecule has 1 amide bonds. The Labute approximate surface area is 209 Å². The number of quaternary nitrogens is 1. The number of anilines is 1. The zero-order valence-electron chi connectivity index (χ0n) is 19.8. The topological polar surface area (TPSA) is 68.4 Å². The van der Waals surface area contributed by atoms with Gasteiger partial charge in [-0.25, -0.2) is 4.98 Å². The number of rotatable bonds is 8. The number of hydrogen-bond donors (Lipinski definition) is 2. The standard InChI is InChI=1S/C26H31ClN4O2S/c1-18-10-14-30(15-11-18)12-5-13-31-25(33)21-6-3-4-7-23(21)29-26(31)34-17-24(32)28-20-9-8-19(2)22(27)16-20/h3-4,6-9,16,18H,5,10-15,17H2,1-2H3,(H,28,32)/p+1. The maximum absolute atomic E-state index is 13.3. The van der Waals surface area contributed by atoms with Gasteiger partial charge in [0.1, 0.15) is 0 Å². The highest BCUT2D eigenvalue weighted by Gasteiger charge is 2.19. The number of carbonyl (C=O) groups is 1. The summed E-state index contributed by atoms with van der Waals surface area (Å²) in [4.78, 5) is 32.2. The van der Waals surface area contributed by atoms with Gasteiger partial charge in [-0.3, -0.25) is 14.2 Å². The lowest BCUT2D eigenvalue weighted by atomic mass is 9.99. The van der Waals surface area contributed by atoms with E-state index in [1.165, 1.54) is 37.7 Å². The lowest BCUT2D eigenvalue weighted by Gasteiger charge is -2.27. The van der Waals surface area contributed by atoms with Gasteiger partial charge in [-0.1, -0.05) is 48.5 Å². The summed E-state index contributed by atoms with van der Waals surface area (Å²) in [5, 5.41) is 4.69. The fourth-order valence-electron chi connectivity index (χ4n) is 4.36. The molecule has 1 fully saturated rings. The van der Waals surface area contributed by atoms with Crippen molar-refractivity contribution in [1.82, 2.24) is 9.55 Å². The predicted molar refractivity (Wildman–Crippen MR) is 140 cm³/mol. The van der Waals surface area contributed by atoms with Crippen LogP contribution in [0, 0.1) is 12.8 Å². The molecule has 34 heavy (non-hydrogen) atoms. The SMILES string of the molecule is Cc1ccc(NC(=O)CSc2nc3ccccc3c(=O)n2CCC[NH+]2CCC(C)CC2)cc1Cl. The summed E-state index contributed by atoms with van der Waals surface area (Å²) in [6.07, 6.45) is 3.45. The molecule has 0 bridgehead atoms. The highest BCUT2D eigenvalue weighted by Crippen LogP contribution is 2.22. The third-order valence-corrected chi connectivity index (χ3v) is 7.89. The van der Waals surface area contributed by atoms with Crippen LogP contribution in [-0.4, -0.2) is 40.8 Å². The van der Waals surface area contributed by atoms with Crippen molar-refractivity contribution in [2.24, 2.45) is 5.92 Å². The van der Waals surface area contributed by atoms with Crippen LogP contribution >= 0.6 is 23.4 Å². The van der Waals surface area contributed by atoms with Crippen LogP contribution in [0.3, 0.4) is 0 Å². The Bertz CT molecular complexity index is 1220. The van der Waals surface area contributed by atoms with Crippen molar-refractivity contribution in [2.75, 3.05) is 30.7 Å². The zero-order valence-corrected chi connectivity index (χ0v) is 21.3. The first-order valence-corrected chi connectivity index (χ1v) is 13.3. The molecule has 0 atom stereocenters. The molecule has 2 heterocycles. The normalized spacial score (nSPS) is 18.2. The van der Waals surface area contributed by atoms with Crippen molar-refractivity contribution in [2.45, 2.75) is 44.8 Å². The molecule has 1 aliphatic heterocycles. The lowest BCUT2D eigenvalue weighted by Crippen LogP contribution is -3.13. The van der Waals surface area contributed by atoms with Crippen molar-refractivity contribution < 1.29 is 9.69 Å². The number of likely N-dealkylation sites (tertiary alicyclic amines) is 1. The fraction of sp³-hybridized carbons (Fsp3) is 0.423. The second-order valence-corrected chi connectivity index (χ2v) is 10.6. The Balaban J connectivity index is 1.45. The van der Waals surface area contributed by atoms with E-state index in [0.29, 0.717) is 33.3 Å². The monoisotopic (exact) mass is 499 g/mol. The van der Waals surface area contributed by atoms with Gasteiger partial charge in [0.15, 0.2) is 5.16 Å². The molecule has 4 rings (SSSR count). The molecule has 0 radical (unpaired) electrons. The van der Waals surface area contributed by atoms with Crippen molar-refractivity contribution in [3.63, 3.8) is 0 Å². The average molecular weight is 500 g/mol. The number of hydrogen-bond acceptors (Lipinski definition) is 4. The summed E-state index contributed by atoms with van der Waals surface area (Å²) in [6, 6.07) is 12.9. The number of aryl methyl sites for hydroxylation is 1. The van der Waals surface area contributed by atoms with Gasteiger partial charge in [-0.15, -0.1) is 0 Å². The maximum Gasteiger partial charge on any atom is 0.262 e. The smallest absolute Gasteiger partial charge is 0.262 e. The summed E-state index contributed by atoms with van der Waals surface area (Å²) in [5.41, 5.74) is 2.23. The summed E-state index contributed by atoms with van der Waals surface area (Å²) in [7, 11) is 0. The van der Waals surface area contributed by atoms with Crippen LogP contribution in [0.4, 0.5) is 5.69 Å². The van der Waals surface area contributed by atoms with Crippen molar-refractivity contribution in [3.8, 4) is 0 Å². The molecule has 6 nitrogen and oxygen atoms in total. The lowest BCUT2D eigenvalue weighted by molar-refractivity contribution is -0.906. The summed E-state index contributed by atoms with van der Waals surface area (Å²) < 4.78 is 1.75. The number of aromatic nitrogens is 2. The second kappa shape index (κ2) is 11.4. The van der Waals surface area contributed by atoms with E-state index in [2.05, 4.69) is 12.2 Å². The van der Waals surface area contributed by atoms with Gasteiger partial charge in [0.25, 0.3) is 5.56 Å². The first kappa shape index (κ1) is 24.8. The Morgan fingerprint density at radius 2 is 2.00 bits per heavy atom. The number of para-hydroxylation sites is 1. The predicted octanol–water partition coefficient (Wildman–Crippen LogP) is 3.79. The zero-order chi connectivity index (χ0) is 24.1. The minimum absolute atomic E-state index is 0.0407. The van der Waals surface area contributed by atoms with Gasteiger partial charge in [0.2, 0.25) is 5.91 Å². The van der Waals surface area contributed by atoms with Crippen molar-refractivity contribution in [1.29, 1.82) is 0 Å². The molecule has 0 aliphatic carbocycles. The highest BCUT2D eigenvalue weighted by atomic mass is 35.5. The van der Waals surface area contributed by atoms with Crippen LogP contribution in [0.25, 0.3) is 10.9 Å². The van der Waals surface area contributed by atoms with E-state index in [9.17, 15) is 9.59 Å². The first-order chi connectivity index (χ1) is 16.4. The third-order valence-electron chi connectivity index (χ3n) is 6.51. The number of fused-ring (bicyclic) bond motifs is 1. The molecule has 1 aromatic heterocycles.